The molecule has 16 heavy (non-hydrogen) atoms. The van der Waals surface area contributed by atoms with Crippen LogP contribution in [-0.4, -0.2) is 24.3 Å². The van der Waals surface area contributed by atoms with E-state index in [0.717, 1.165) is 25.7 Å². The molecule has 0 aromatic carbocycles. The molecule has 0 aliphatic heterocycles. The van der Waals surface area contributed by atoms with E-state index in [9.17, 15) is 9.90 Å². The van der Waals surface area contributed by atoms with Gasteiger partial charge in [-0.15, -0.1) is 0 Å². The average Bonchev–Trinajstić information content (AvgIpc) is 2.28. The van der Waals surface area contributed by atoms with Crippen molar-refractivity contribution < 1.29 is 19.4 Å². The number of unbranched alkanes of at least 4 members (excludes halogenated alkanes) is 2. The van der Waals surface area contributed by atoms with Gasteiger partial charge in [-0.05, 0) is 19.8 Å². The molecule has 0 atom stereocenters. The maximum Gasteiger partial charge on any atom is 0.340 e. The fraction of sp³-hybridized carbons (Fsp3) is 0.750. The lowest BCUT2D eigenvalue weighted by molar-refractivity contribution is -0.139. The highest BCUT2D eigenvalue weighted by molar-refractivity contribution is 5.87. The van der Waals surface area contributed by atoms with Gasteiger partial charge in [0.05, 0.1) is 13.2 Å². The summed E-state index contributed by atoms with van der Waals surface area (Å²) in [6.45, 7) is 6.34. The number of hydrogen-bond acceptors (Lipinski definition) is 4. The first kappa shape index (κ1) is 14.8. The van der Waals surface area contributed by atoms with Gasteiger partial charge in [0.2, 0.25) is 0 Å². The van der Waals surface area contributed by atoms with Crippen LogP contribution in [0.15, 0.2) is 11.5 Å². The largest absolute Gasteiger partial charge is 0.481 e. The molecule has 1 N–H and O–H groups in total. The maximum absolute atomic E-state index is 11.4. The van der Waals surface area contributed by atoms with Gasteiger partial charge >= 0.3 is 5.97 Å². The Morgan fingerprint density at radius 3 is 2.06 bits per heavy atom. The summed E-state index contributed by atoms with van der Waals surface area (Å²) < 4.78 is 9.94. The second kappa shape index (κ2) is 9.07. The molecule has 0 aliphatic carbocycles. The summed E-state index contributed by atoms with van der Waals surface area (Å²) in [7, 11) is 0. The van der Waals surface area contributed by atoms with Gasteiger partial charge in [-0.2, -0.15) is 0 Å². The first-order valence-electron chi connectivity index (χ1n) is 5.83. The van der Waals surface area contributed by atoms with Gasteiger partial charge in [0.15, 0.2) is 0 Å². The van der Waals surface area contributed by atoms with Crippen LogP contribution in [0.1, 0.15) is 46.5 Å². The fourth-order valence-electron chi connectivity index (χ4n) is 0.926. The number of aliphatic hydroxyl groups excluding tert-OH is 1. The molecule has 0 bridgehead atoms. The maximum atomic E-state index is 11.4. The van der Waals surface area contributed by atoms with Crippen LogP contribution in [0.5, 0.6) is 0 Å². The molecule has 0 heterocycles. The fourth-order valence-corrected chi connectivity index (χ4v) is 0.926. The third-order valence-corrected chi connectivity index (χ3v) is 2.09. The number of hydrogen-bond donors (Lipinski definition) is 1. The first-order chi connectivity index (χ1) is 7.63. The molecule has 94 valence electrons. The Morgan fingerprint density at radius 1 is 1.06 bits per heavy atom. The summed E-state index contributed by atoms with van der Waals surface area (Å²) in [5.74, 6) is -0.836. The van der Waals surface area contributed by atoms with Crippen molar-refractivity contribution in [2.24, 2.45) is 0 Å². The Hall–Kier alpha value is -1.19. The van der Waals surface area contributed by atoms with Crippen molar-refractivity contribution in [2.75, 3.05) is 13.2 Å². The van der Waals surface area contributed by atoms with Gasteiger partial charge < -0.3 is 14.6 Å². The summed E-state index contributed by atoms with van der Waals surface area (Å²) in [4.78, 5) is 11.4. The van der Waals surface area contributed by atoms with Gasteiger partial charge in [-0.3, -0.25) is 0 Å². The average molecular weight is 230 g/mol. The van der Waals surface area contributed by atoms with Crippen LogP contribution in [0, 0.1) is 0 Å². The Bertz CT molecular complexity index is 233. The van der Waals surface area contributed by atoms with E-state index >= 15 is 0 Å². The highest BCUT2D eigenvalue weighted by Crippen LogP contribution is 2.06. The summed E-state index contributed by atoms with van der Waals surface area (Å²) in [5.41, 5.74) is 0.132. The standard InChI is InChI=1S/C12H22O4/c1-4-6-8-15-11(13)10(3)12(14)16-9-7-5-2/h13H,4-9H2,1-3H3/b11-10-. The van der Waals surface area contributed by atoms with Crippen LogP contribution >= 0.6 is 0 Å². The molecule has 0 amide bonds. The van der Waals surface area contributed by atoms with E-state index in [4.69, 9.17) is 9.47 Å². The van der Waals surface area contributed by atoms with E-state index in [1.807, 2.05) is 13.8 Å². The predicted octanol–water partition coefficient (Wildman–Crippen LogP) is 2.94. The Kier molecular flexibility index (Phi) is 8.39. The molecule has 4 nitrogen and oxygen atoms in total. The second-order valence-electron chi connectivity index (χ2n) is 3.62. The minimum Gasteiger partial charge on any atom is -0.481 e. The monoisotopic (exact) mass is 230 g/mol. The van der Waals surface area contributed by atoms with Crippen molar-refractivity contribution in [1.29, 1.82) is 0 Å². The van der Waals surface area contributed by atoms with E-state index < -0.39 is 5.97 Å². The van der Waals surface area contributed by atoms with Crippen molar-refractivity contribution in [3.8, 4) is 0 Å². The molecule has 4 heteroatoms. The summed E-state index contributed by atoms with van der Waals surface area (Å²) in [6, 6.07) is 0. The second-order valence-corrected chi connectivity index (χ2v) is 3.62. The molecule has 0 fully saturated rings. The first-order valence-corrected chi connectivity index (χ1v) is 5.83. The summed E-state index contributed by atoms with van der Waals surface area (Å²) in [6.07, 6.45) is 3.63. The lowest BCUT2D eigenvalue weighted by Crippen LogP contribution is -2.10. The predicted molar refractivity (Wildman–Crippen MR) is 62.1 cm³/mol. The third kappa shape index (κ3) is 6.32. The topological polar surface area (TPSA) is 55.8 Å². The van der Waals surface area contributed by atoms with E-state index in [-0.39, 0.29) is 11.5 Å². The Balaban J connectivity index is 4.00. The summed E-state index contributed by atoms with van der Waals surface area (Å²) in [5, 5.41) is 9.43. The molecule has 0 radical (unpaired) electrons. The van der Waals surface area contributed by atoms with Crippen molar-refractivity contribution in [2.45, 2.75) is 46.5 Å². The van der Waals surface area contributed by atoms with Crippen LogP contribution in [0.3, 0.4) is 0 Å². The van der Waals surface area contributed by atoms with E-state index in [1.54, 1.807) is 0 Å². The molecule has 0 saturated heterocycles. The minimum absolute atomic E-state index is 0.132. The number of ether oxygens (including phenoxy) is 2. The summed E-state index contributed by atoms with van der Waals surface area (Å²) >= 11 is 0. The normalized spacial score (nSPS) is 11.9. The van der Waals surface area contributed by atoms with Gasteiger partial charge in [-0.1, -0.05) is 26.7 Å². The van der Waals surface area contributed by atoms with Crippen molar-refractivity contribution in [1.82, 2.24) is 0 Å². The molecule has 0 unspecified atom stereocenters. The van der Waals surface area contributed by atoms with Gasteiger partial charge in [0, 0.05) is 0 Å². The smallest absolute Gasteiger partial charge is 0.340 e. The molecule has 0 aliphatic rings. The van der Waals surface area contributed by atoms with Crippen molar-refractivity contribution in [3.63, 3.8) is 0 Å². The zero-order chi connectivity index (χ0) is 12.4. The van der Waals surface area contributed by atoms with Gasteiger partial charge in [0.25, 0.3) is 5.95 Å². The lowest BCUT2D eigenvalue weighted by atomic mass is 10.3. The van der Waals surface area contributed by atoms with Crippen molar-refractivity contribution >= 4 is 5.97 Å². The minimum atomic E-state index is -0.512. The Morgan fingerprint density at radius 2 is 1.56 bits per heavy atom. The molecule has 0 aromatic rings. The SMILES string of the molecule is CCCCOC(=O)/C(C)=C(/O)OCCCC. The van der Waals surface area contributed by atoms with Gasteiger partial charge in [0.1, 0.15) is 5.57 Å². The van der Waals surface area contributed by atoms with Crippen LogP contribution < -0.4 is 0 Å². The highest BCUT2D eigenvalue weighted by atomic mass is 16.6. The number of esters is 1. The molecule has 0 rings (SSSR count). The van der Waals surface area contributed by atoms with Gasteiger partial charge in [-0.25, -0.2) is 4.79 Å². The highest BCUT2D eigenvalue weighted by Gasteiger charge is 2.12. The lowest BCUT2D eigenvalue weighted by Gasteiger charge is -2.08. The van der Waals surface area contributed by atoms with E-state index in [2.05, 4.69) is 0 Å². The number of aliphatic hydroxyl groups is 1. The van der Waals surface area contributed by atoms with Crippen molar-refractivity contribution in [3.05, 3.63) is 11.5 Å². The number of rotatable bonds is 8. The Labute approximate surface area is 97.2 Å². The third-order valence-electron chi connectivity index (χ3n) is 2.09. The van der Waals surface area contributed by atoms with Crippen LogP contribution in [0.4, 0.5) is 0 Å². The zero-order valence-corrected chi connectivity index (χ0v) is 10.4. The van der Waals surface area contributed by atoms with Crippen LogP contribution in [0.2, 0.25) is 0 Å². The van der Waals surface area contributed by atoms with Crippen LogP contribution in [-0.2, 0) is 14.3 Å². The number of carbonyl (C=O) groups excluding carboxylic acids is 1. The molecule has 0 spiro atoms. The number of carbonyl (C=O) groups is 1. The molecule has 0 aromatic heterocycles. The molecular formula is C12H22O4. The molecule has 0 saturated carbocycles. The van der Waals surface area contributed by atoms with E-state index in [0.29, 0.717) is 13.2 Å². The zero-order valence-electron chi connectivity index (χ0n) is 10.4. The van der Waals surface area contributed by atoms with Crippen LogP contribution in [0.25, 0.3) is 0 Å². The molecular weight excluding hydrogens is 208 g/mol. The quantitative estimate of drug-likeness (QED) is 0.301. The van der Waals surface area contributed by atoms with E-state index in [1.165, 1.54) is 6.92 Å².